The van der Waals surface area contributed by atoms with Crippen molar-refractivity contribution in [2.75, 3.05) is 19.7 Å². The summed E-state index contributed by atoms with van der Waals surface area (Å²) >= 11 is 0. The van der Waals surface area contributed by atoms with Gasteiger partial charge >= 0.3 is 5.97 Å². The number of rotatable bonds is 17. The molecule has 0 aliphatic carbocycles. The molecule has 9 nitrogen and oxygen atoms in total. The van der Waals surface area contributed by atoms with Crippen LogP contribution in [0.2, 0.25) is 0 Å². The highest BCUT2D eigenvalue weighted by Crippen LogP contribution is 2.27. The molecule has 0 spiro atoms. The first-order chi connectivity index (χ1) is 19.7. The summed E-state index contributed by atoms with van der Waals surface area (Å²) in [5.74, 6) is -1.59. The lowest BCUT2D eigenvalue weighted by Crippen LogP contribution is -2.46. The molecule has 226 valence electrons. The molecule has 1 aromatic rings. The van der Waals surface area contributed by atoms with E-state index in [0.717, 1.165) is 51.4 Å². The van der Waals surface area contributed by atoms with Crippen molar-refractivity contribution in [1.82, 2.24) is 10.2 Å². The molecule has 41 heavy (non-hydrogen) atoms. The molecule has 1 aliphatic rings. The van der Waals surface area contributed by atoms with Crippen LogP contribution in [-0.4, -0.2) is 54.3 Å². The van der Waals surface area contributed by atoms with E-state index in [0.29, 0.717) is 36.2 Å². The van der Waals surface area contributed by atoms with E-state index in [1.165, 1.54) is 6.92 Å². The van der Waals surface area contributed by atoms with Gasteiger partial charge in [0.1, 0.15) is 5.57 Å². The van der Waals surface area contributed by atoms with Crippen molar-refractivity contribution < 1.29 is 23.9 Å². The van der Waals surface area contributed by atoms with E-state index in [9.17, 15) is 19.2 Å². The fraction of sp³-hybridized carbons (Fsp3) is 0.625. The Bertz CT molecular complexity index is 1100. The number of ether oxygens (including phenoxy) is 1. The van der Waals surface area contributed by atoms with Crippen LogP contribution in [0.1, 0.15) is 103 Å². The SMILES string of the molecule is CCCCC(CC)CN(CC(CC)CCCC)C(=O)c1ccccc1N=NC1C(=O)NC(=O)C(C(=O)OCC)=C1C. The van der Waals surface area contributed by atoms with Crippen molar-refractivity contribution >= 4 is 29.4 Å². The maximum Gasteiger partial charge on any atom is 0.343 e. The molecule has 0 aromatic heterocycles. The zero-order valence-corrected chi connectivity index (χ0v) is 25.7. The average Bonchev–Trinajstić information content (AvgIpc) is 2.96. The average molecular weight is 569 g/mol. The summed E-state index contributed by atoms with van der Waals surface area (Å²) in [7, 11) is 0. The lowest BCUT2D eigenvalue weighted by Gasteiger charge is -2.31. The second kappa shape index (κ2) is 17.5. The normalized spacial score (nSPS) is 17.0. The molecule has 1 heterocycles. The minimum absolute atomic E-state index is 0.0870. The molecule has 0 saturated heterocycles. The number of carbonyl (C=O) groups is 4. The van der Waals surface area contributed by atoms with Crippen LogP contribution in [0.15, 0.2) is 45.6 Å². The number of hydrogen-bond donors (Lipinski definition) is 1. The Balaban J connectivity index is 2.43. The smallest absolute Gasteiger partial charge is 0.343 e. The molecule has 0 saturated carbocycles. The Hall–Kier alpha value is -3.36. The fourth-order valence-corrected chi connectivity index (χ4v) is 5.08. The maximum atomic E-state index is 14.1. The molecule has 3 atom stereocenters. The van der Waals surface area contributed by atoms with Crippen LogP contribution in [0.4, 0.5) is 5.69 Å². The summed E-state index contributed by atoms with van der Waals surface area (Å²) in [6.45, 7) is 13.3. The highest BCUT2D eigenvalue weighted by molar-refractivity contribution is 6.24. The number of esters is 1. The van der Waals surface area contributed by atoms with Gasteiger partial charge in [0, 0.05) is 13.1 Å². The number of unbranched alkanes of at least 4 members (excludes halogenated alkanes) is 2. The Morgan fingerprint density at radius 2 is 1.54 bits per heavy atom. The van der Waals surface area contributed by atoms with Gasteiger partial charge in [0.25, 0.3) is 17.7 Å². The molecule has 0 fully saturated rings. The zero-order chi connectivity index (χ0) is 30.4. The molecule has 1 aromatic carbocycles. The number of azo groups is 1. The van der Waals surface area contributed by atoms with Crippen LogP contribution >= 0.6 is 0 Å². The fourth-order valence-electron chi connectivity index (χ4n) is 5.08. The molecule has 3 amide bonds. The molecule has 9 heteroatoms. The van der Waals surface area contributed by atoms with Gasteiger partial charge in [-0.2, -0.15) is 10.2 Å². The quantitative estimate of drug-likeness (QED) is 0.0990. The van der Waals surface area contributed by atoms with E-state index in [2.05, 4.69) is 43.2 Å². The van der Waals surface area contributed by atoms with Crippen LogP contribution in [0.5, 0.6) is 0 Å². The third-order valence-corrected chi connectivity index (χ3v) is 7.74. The van der Waals surface area contributed by atoms with Gasteiger partial charge in [0.2, 0.25) is 0 Å². The Morgan fingerprint density at radius 3 is 2.07 bits per heavy atom. The lowest BCUT2D eigenvalue weighted by atomic mass is 9.95. The number of hydrogen-bond acceptors (Lipinski definition) is 7. The van der Waals surface area contributed by atoms with Gasteiger partial charge in [0.15, 0.2) is 6.04 Å². The number of nitrogens with one attached hydrogen (secondary N) is 1. The third kappa shape index (κ3) is 9.61. The minimum Gasteiger partial charge on any atom is -0.462 e. The molecule has 0 bridgehead atoms. The van der Waals surface area contributed by atoms with Crippen LogP contribution in [0.3, 0.4) is 0 Å². The van der Waals surface area contributed by atoms with E-state index in [4.69, 9.17) is 4.74 Å². The van der Waals surface area contributed by atoms with E-state index < -0.39 is 23.8 Å². The third-order valence-electron chi connectivity index (χ3n) is 7.74. The van der Waals surface area contributed by atoms with Gasteiger partial charge in [-0.25, -0.2) is 4.79 Å². The Labute approximate surface area is 245 Å². The van der Waals surface area contributed by atoms with Crippen molar-refractivity contribution in [1.29, 1.82) is 0 Å². The summed E-state index contributed by atoms with van der Waals surface area (Å²) < 4.78 is 4.98. The van der Waals surface area contributed by atoms with Gasteiger partial charge in [-0.1, -0.05) is 78.4 Å². The van der Waals surface area contributed by atoms with Gasteiger partial charge in [-0.3, -0.25) is 19.7 Å². The Morgan fingerprint density at radius 1 is 0.951 bits per heavy atom. The van der Waals surface area contributed by atoms with Crippen molar-refractivity contribution in [3.63, 3.8) is 0 Å². The molecular weight excluding hydrogens is 520 g/mol. The van der Waals surface area contributed by atoms with E-state index in [1.807, 2.05) is 4.90 Å². The van der Waals surface area contributed by atoms with Crippen molar-refractivity contribution in [3.05, 3.63) is 41.0 Å². The molecule has 1 N–H and O–H groups in total. The number of imide groups is 1. The number of amides is 3. The first kappa shape index (κ1) is 33.8. The molecule has 2 rings (SSSR count). The van der Waals surface area contributed by atoms with Crippen LogP contribution in [0, 0.1) is 11.8 Å². The first-order valence-electron chi connectivity index (χ1n) is 15.2. The van der Waals surface area contributed by atoms with Crippen LogP contribution in [-0.2, 0) is 19.1 Å². The highest BCUT2D eigenvalue weighted by atomic mass is 16.5. The molecule has 0 radical (unpaired) electrons. The number of carbonyl (C=O) groups excluding carboxylic acids is 4. The largest absolute Gasteiger partial charge is 0.462 e. The highest BCUT2D eigenvalue weighted by Gasteiger charge is 2.37. The Kier molecular flexibility index (Phi) is 14.4. The van der Waals surface area contributed by atoms with Gasteiger partial charge in [-0.05, 0) is 56.2 Å². The lowest BCUT2D eigenvalue weighted by molar-refractivity contribution is -0.141. The maximum absolute atomic E-state index is 14.1. The van der Waals surface area contributed by atoms with Crippen LogP contribution < -0.4 is 5.32 Å². The van der Waals surface area contributed by atoms with E-state index in [-0.39, 0.29) is 23.7 Å². The summed E-state index contributed by atoms with van der Waals surface area (Å²) in [4.78, 5) is 53.3. The summed E-state index contributed by atoms with van der Waals surface area (Å²) in [5, 5.41) is 10.7. The number of nitrogens with zero attached hydrogens (tertiary/aromatic N) is 3. The predicted molar refractivity (Wildman–Crippen MR) is 160 cm³/mol. The second-order valence-corrected chi connectivity index (χ2v) is 10.8. The predicted octanol–water partition coefficient (Wildman–Crippen LogP) is 6.55. The number of benzene rings is 1. The monoisotopic (exact) mass is 568 g/mol. The topological polar surface area (TPSA) is 117 Å². The molecule has 3 unspecified atom stereocenters. The first-order valence-corrected chi connectivity index (χ1v) is 15.2. The molecular formula is C32H48N4O5. The van der Waals surface area contributed by atoms with Gasteiger partial charge in [0.05, 0.1) is 17.9 Å². The minimum atomic E-state index is -1.19. The van der Waals surface area contributed by atoms with E-state index >= 15 is 0 Å². The second-order valence-electron chi connectivity index (χ2n) is 10.8. The molecule has 1 aliphatic heterocycles. The van der Waals surface area contributed by atoms with E-state index in [1.54, 1.807) is 31.2 Å². The van der Waals surface area contributed by atoms with Crippen molar-refractivity contribution in [3.8, 4) is 0 Å². The van der Waals surface area contributed by atoms with Gasteiger partial charge < -0.3 is 9.64 Å². The standard InChI is InChI=1S/C32H48N4O5/c1-7-12-16-23(9-3)20-36(21-24(10-4)17-13-8-2)31(39)25-18-14-15-19-26(25)34-35-28-22(6)27(32(40)41-11-5)29(37)33-30(28)38/h14-15,18-19,23-24,28H,7-13,16-17,20-21H2,1-6H3,(H,33,37,38). The van der Waals surface area contributed by atoms with Crippen molar-refractivity contribution in [2.45, 2.75) is 99.0 Å². The van der Waals surface area contributed by atoms with Gasteiger partial charge in [-0.15, -0.1) is 0 Å². The zero-order valence-electron chi connectivity index (χ0n) is 25.7. The summed E-state index contributed by atoms with van der Waals surface area (Å²) in [5.41, 5.74) is 0.656. The summed E-state index contributed by atoms with van der Waals surface area (Å²) in [6.07, 6.45) is 8.65. The van der Waals surface area contributed by atoms with Crippen molar-refractivity contribution in [2.24, 2.45) is 22.1 Å². The summed E-state index contributed by atoms with van der Waals surface area (Å²) in [6, 6.07) is 5.79. The van der Waals surface area contributed by atoms with Crippen LogP contribution in [0.25, 0.3) is 0 Å².